The van der Waals surface area contributed by atoms with Gasteiger partial charge in [-0.15, -0.1) is 0 Å². The quantitative estimate of drug-likeness (QED) is 0.0509. The number of pyridine rings is 3. The molecule has 0 bridgehead atoms. The molecule has 0 amide bonds. The molecule has 0 aliphatic carbocycles. The van der Waals surface area contributed by atoms with Gasteiger partial charge in [-0.1, -0.05) is 194 Å². The fraction of sp³-hybridized carbons (Fsp3) is 0. The molecule has 5 N–H and O–H groups in total. The van der Waals surface area contributed by atoms with E-state index in [0.29, 0.717) is 22.1 Å². The van der Waals surface area contributed by atoms with Gasteiger partial charge in [-0.05, 0) is 150 Å². The molecule has 12 aromatic carbocycles. The largest absolute Gasteiger partial charge is 0.397 e. The highest BCUT2D eigenvalue weighted by Gasteiger charge is 2.23. The first-order valence-corrected chi connectivity index (χ1v) is 33.7. The van der Waals surface area contributed by atoms with Crippen LogP contribution in [0.3, 0.4) is 0 Å². The van der Waals surface area contributed by atoms with Gasteiger partial charge in [-0.2, -0.15) is 0 Å². The van der Waals surface area contributed by atoms with E-state index in [4.69, 9.17) is 38.0 Å². The van der Waals surface area contributed by atoms with E-state index in [1.807, 2.05) is 103 Å². The Kier molecular flexibility index (Phi) is 16.5. The summed E-state index contributed by atoms with van der Waals surface area (Å²) in [6.45, 7) is 0. The van der Waals surface area contributed by atoms with Crippen molar-refractivity contribution in [1.82, 2.24) is 43.0 Å². The van der Waals surface area contributed by atoms with Gasteiger partial charge in [-0.25, -0.2) is 15.0 Å². The highest BCUT2D eigenvalue weighted by molar-refractivity contribution is 14.1. The molecule has 0 fully saturated rings. The second kappa shape index (κ2) is 26.6. The molecule has 0 aliphatic heterocycles. The minimum Gasteiger partial charge on any atom is -0.397 e. The average Bonchev–Trinajstić information content (AvgIpc) is 1.56. The maximum absolute atomic E-state index is 11.5. The lowest BCUT2D eigenvalue weighted by Gasteiger charge is -2.12. The lowest BCUT2D eigenvalue weighted by Crippen LogP contribution is -1.97. The molecule has 99 heavy (non-hydrogen) atoms. The number of nitrogens with zero attached hydrogens (tertiary/aromatic N) is 8. The topological polar surface area (TPSA) is 156 Å². The number of nitrogens with one attached hydrogen (secondary N) is 1. The number of hydrogen-bond donors (Lipinski definition) is 3. The van der Waals surface area contributed by atoms with E-state index in [1.54, 1.807) is 18.3 Å². The van der Waals surface area contributed by atoms with E-state index in [-0.39, 0.29) is 0 Å². The first kappa shape index (κ1) is 61.4. The van der Waals surface area contributed by atoms with E-state index in [9.17, 15) is 4.79 Å². The molecular weight excluding hydrogens is 1350 g/mol. The Bertz CT molecular complexity index is 6280. The Hall–Kier alpha value is -12.4. The van der Waals surface area contributed by atoms with Crippen molar-refractivity contribution in [3.05, 3.63) is 336 Å². The Balaban J connectivity index is 0.000000106. The van der Waals surface area contributed by atoms with Crippen LogP contribution in [-0.4, -0.2) is 49.3 Å². The number of aromatic nitrogens is 9. The van der Waals surface area contributed by atoms with E-state index < -0.39 is 0 Å². The Labute approximate surface area is 586 Å². The van der Waals surface area contributed by atoms with E-state index in [2.05, 4.69) is 251 Å². The van der Waals surface area contributed by atoms with Crippen LogP contribution in [-0.2, 0) is 0 Å². The highest BCUT2D eigenvalue weighted by Crippen LogP contribution is 2.42. The molecule has 8 aromatic heterocycles. The fourth-order valence-corrected chi connectivity index (χ4v) is 14.0. The number of aldehydes is 1. The zero-order valence-electron chi connectivity index (χ0n) is 53.1. The van der Waals surface area contributed by atoms with Gasteiger partial charge >= 0.3 is 0 Å². The van der Waals surface area contributed by atoms with Crippen LogP contribution in [0.5, 0.6) is 0 Å². The van der Waals surface area contributed by atoms with Gasteiger partial charge in [0.05, 0.1) is 86.5 Å². The number of imidazole rings is 2. The zero-order chi connectivity index (χ0) is 66.9. The minimum atomic E-state index is 0.577. The molecule has 14 heteroatoms. The van der Waals surface area contributed by atoms with Gasteiger partial charge in [0.2, 0.25) is 0 Å². The monoisotopic (exact) mass is 1410 g/mol. The number of carbonyl (C=O) groups is 1. The second-order valence-electron chi connectivity index (χ2n) is 23.6. The smallest absolute Gasteiger partial charge is 0.152 e. The van der Waals surface area contributed by atoms with Crippen molar-refractivity contribution in [3.63, 3.8) is 0 Å². The number of nitrogen functional groups attached to an aromatic ring is 2. The minimum absolute atomic E-state index is 0.577. The van der Waals surface area contributed by atoms with Crippen molar-refractivity contribution in [3.8, 4) is 28.5 Å². The van der Waals surface area contributed by atoms with E-state index in [0.717, 1.165) is 110 Å². The van der Waals surface area contributed by atoms with Crippen LogP contribution in [0.2, 0.25) is 5.15 Å². The summed E-state index contributed by atoms with van der Waals surface area (Å²) in [5, 5.41) is 10.0. The van der Waals surface area contributed by atoms with Crippen molar-refractivity contribution in [2.45, 2.75) is 0 Å². The molecule has 8 heterocycles. The summed E-state index contributed by atoms with van der Waals surface area (Å²) in [5.41, 5.74) is 31.2. The number of para-hydroxylation sites is 14. The van der Waals surface area contributed by atoms with Crippen molar-refractivity contribution in [2.24, 2.45) is 0 Å². The van der Waals surface area contributed by atoms with Gasteiger partial charge in [0, 0.05) is 78.3 Å². The van der Waals surface area contributed by atoms with Crippen LogP contribution in [0.1, 0.15) is 10.4 Å². The van der Waals surface area contributed by atoms with Crippen molar-refractivity contribution in [2.75, 3.05) is 11.5 Å². The second-order valence-corrected chi connectivity index (χ2v) is 25.2. The third-order valence-electron chi connectivity index (χ3n) is 17.8. The SMILES string of the molecule is Clc1ncccc1I.Nc1ccccc1N.O=Cc1cccc2c3ccccc3n(-c3ccccc3)c12.c1ccc(-n2c3ccccc3c3ccc4c5ncccc5n5c6ccccc6nc5c4c32)cc1.c1ccc(-n2c3ccccc3c3cccc(-c4nc5ccccc5[nH]4)c32)cc1. The molecule has 0 spiro atoms. The first-order valence-electron chi connectivity index (χ1n) is 32.3. The summed E-state index contributed by atoms with van der Waals surface area (Å²) in [7, 11) is 0. The number of hydrogen-bond acceptors (Lipinski definition) is 7. The Morgan fingerprint density at radius 2 is 0.838 bits per heavy atom. The van der Waals surface area contributed by atoms with Gasteiger partial charge in [-0.3, -0.25) is 14.2 Å². The first-order chi connectivity index (χ1) is 48.8. The molecule has 20 aromatic rings. The summed E-state index contributed by atoms with van der Waals surface area (Å²) in [6, 6.07) is 105. The fourth-order valence-electron chi connectivity index (χ4n) is 13.5. The summed E-state index contributed by atoms with van der Waals surface area (Å²) in [4.78, 5) is 33.7. The van der Waals surface area contributed by atoms with Gasteiger partial charge in [0.25, 0.3) is 0 Å². The molecule has 0 radical (unpaired) electrons. The van der Waals surface area contributed by atoms with Crippen molar-refractivity contribution < 1.29 is 4.79 Å². The highest BCUT2D eigenvalue weighted by atomic mass is 127. The van der Waals surface area contributed by atoms with E-state index in [1.165, 1.54) is 43.5 Å². The molecule has 12 nitrogen and oxygen atoms in total. The number of anilines is 2. The Morgan fingerprint density at radius 3 is 1.40 bits per heavy atom. The number of fused-ring (bicyclic) bond motifs is 19. The van der Waals surface area contributed by atoms with Crippen LogP contribution in [0, 0.1) is 3.57 Å². The number of halogens is 2. The third-order valence-corrected chi connectivity index (χ3v) is 19.3. The summed E-state index contributed by atoms with van der Waals surface area (Å²) >= 11 is 7.72. The van der Waals surface area contributed by atoms with E-state index >= 15 is 0 Å². The number of rotatable bonds is 5. The Morgan fingerprint density at radius 1 is 0.384 bits per heavy atom. The maximum Gasteiger partial charge on any atom is 0.152 e. The zero-order valence-corrected chi connectivity index (χ0v) is 56.0. The maximum atomic E-state index is 11.5. The summed E-state index contributed by atoms with van der Waals surface area (Å²) < 4.78 is 10.1. The van der Waals surface area contributed by atoms with Crippen LogP contribution in [0.4, 0.5) is 11.4 Å². The molecular formula is C85H59ClIN11O. The van der Waals surface area contributed by atoms with Crippen molar-refractivity contribution in [1.29, 1.82) is 0 Å². The van der Waals surface area contributed by atoms with Crippen LogP contribution in [0.25, 0.3) is 143 Å². The molecule has 0 aliphatic rings. The van der Waals surface area contributed by atoms with Crippen LogP contribution >= 0.6 is 34.2 Å². The number of aromatic amines is 1. The summed E-state index contributed by atoms with van der Waals surface area (Å²) in [6.07, 6.45) is 4.48. The molecule has 20 rings (SSSR count). The van der Waals surface area contributed by atoms with Crippen LogP contribution in [0.15, 0.2) is 322 Å². The number of H-pyrrole nitrogens is 1. The lowest BCUT2D eigenvalue weighted by atomic mass is 10.0. The number of benzene rings is 12. The standard InChI is InChI=1S/C30H18N4.C25H17N3.C19H13NO.C6H8N2.C5H3ClIN/c1-2-9-19(10-3-1)33-24-13-6-4-11-20(24)21-16-17-22-27(29(21)33)30-32-23-12-5-7-14-25(23)34(30)26-15-8-18-31-28(22)26;1-2-9-17(10-3-1)28-23-16-7-4-11-18(23)19-12-8-13-20(24(19)28)25-26-21-14-5-6-15-22(21)27-25;21-13-14-7-6-11-17-16-10-4-5-12-18(16)20(19(14)17)15-8-2-1-3-9-15;7-5-3-1-2-4-6(5)8;6-5-4(7)2-1-3-8-5/h1-18H;1-16H,(H,26,27);1-13H;1-4H,7-8H2;1-3H. The predicted molar refractivity (Wildman–Crippen MR) is 419 cm³/mol. The molecule has 0 saturated heterocycles. The molecule has 0 unspecified atom stereocenters. The third kappa shape index (κ3) is 11.2. The van der Waals surface area contributed by atoms with Gasteiger partial charge in [0.1, 0.15) is 16.6 Å². The normalized spacial score (nSPS) is 11.3. The molecule has 0 saturated carbocycles. The van der Waals surface area contributed by atoms with Gasteiger partial charge < -0.3 is 30.2 Å². The number of carbonyl (C=O) groups excluding carboxylic acids is 1. The molecule has 0 atom stereocenters. The van der Waals surface area contributed by atoms with Gasteiger partial charge in [0.15, 0.2) is 6.29 Å². The predicted octanol–water partition coefficient (Wildman–Crippen LogP) is 21.4. The number of nitrogens with two attached hydrogens (primary N) is 2. The van der Waals surface area contributed by atoms with Crippen molar-refractivity contribution >= 4 is 167 Å². The van der Waals surface area contributed by atoms with Crippen LogP contribution < -0.4 is 11.5 Å². The molecule has 474 valence electrons. The summed E-state index contributed by atoms with van der Waals surface area (Å²) in [5.74, 6) is 0.895. The average molecular weight is 1410 g/mol. The lowest BCUT2D eigenvalue weighted by molar-refractivity contribution is 0.112.